The summed E-state index contributed by atoms with van der Waals surface area (Å²) in [4.78, 5) is 25.0. The van der Waals surface area contributed by atoms with Crippen LogP contribution in [-0.4, -0.2) is 37.6 Å². The van der Waals surface area contributed by atoms with Gasteiger partial charge >= 0.3 is 0 Å². The second-order valence-corrected chi connectivity index (χ2v) is 5.89. The van der Waals surface area contributed by atoms with Crippen molar-refractivity contribution in [2.45, 2.75) is 25.9 Å². The van der Waals surface area contributed by atoms with Crippen LogP contribution in [0.2, 0.25) is 0 Å². The van der Waals surface area contributed by atoms with Gasteiger partial charge in [-0.1, -0.05) is 0 Å². The summed E-state index contributed by atoms with van der Waals surface area (Å²) in [5.74, 6) is -0.403. The molecule has 1 aromatic heterocycles. The second-order valence-electron chi connectivity index (χ2n) is 4.64. The smallest absolute Gasteiger partial charge is 0.254 e. The van der Waals surface area contributed by atoms with Crippen molar-refractivity contribution < 1.29 is 14.3 Å². The van der Waals surface area contributed by atoms with Gasteiger partial charge in [0.15, 0.2) is 0 Å². The second kappa shape index (κ2) is 6.83. The third-order valence-electron chi connectivity index (χ3n) is 2.99. The lowest BCUT2D eigenvalue weighted by atomic mass is 10.2. The van der Waals surface area contributed by atoms with E-state index >= 15 is 0 Å². The molecule has 2 heterocycles. The number of anilines is 1. The number of nitrogens with two attached hydrogens (primary N) is 1. The molecule has 2 amide bonds. The van der Waals surface area contributed by atoms with Gasteiger partial charge in [-0.25, -0.2) is 0 Å². The van der Waals surface area contributed by atoms with E-state index in [0.717, 1.165) is 17.7 Å². The number of rotatable bonds is 5. The molecule has 1 aliphatic heterocycles. The Balaban J connectivity index is 2.06. The molecular weight excluding hydrogens is 278 g/mol. The van der Waals surface area contributed by atoms with Crippen molar-refractivity contribution in [2.75, 3.05) is 25.0 Å². The van der Waals surface area contributed by atoms with Gasteiger partial charge in [0.05, 0.1) is 5.56 Å². The summed E-state index contributed by atoms with van der Waals surface area (Å²) in [6.07, 6.45) is 1.22. The number of amides is 2. The van der Waals surface area contributed by atoms with Gasteiger partial charge in [0, 0.05) is 24.6 Å². The number of hydrogen-bond acceptors (Lipinski definition) is 5. The first-order chi connectivity index (χ1) is 9.61. The molecular formula is C13H19N3O3S. The zero-order valence-electron chi connectivity index (χ0n) is 11.4. The number of ether oxygens (including phenoxy) is 1. The molecule has 0 bridgehead atoms. The number of nitrogens with one attached hydrogen (secondary N) is 2. The first kappa shape index (κ1) is 15.0. The van der Waals surface area contributed by atoms with Crippen LogP contribution in [0.1, 0.15) is 28.1 Å². The Morgan fingerprint density at radius 2 is 2.35 bits per heavy atom. The van der Waals surface area contributed by atoms with Crippen LogP contribution in [0, 0.1) is 6.92 Å². The predicted octanol–water partition coefficient (Wildman–Crippen LogP) is 0.863. The minimum atomic E-state index is -0.405. The van der Waals surface area contributed by atoms with Gasteiger partial charge in [-0.3, -0.25) is 9.59 Å². The molecule has 0 aliphatic carbocycles. The van der Waals surface area contributed by atoms with Crippen LogP contribution in [-0.2, 0) is 9.53 Å². The molecule has 6 nitrogen and oxygen atoms in total. The summed E-state index contributed by atoms with van der Waals surface area (Å²) in [6, 6.07) is 1.77. The van der Waals surface area contributed by atoms with Gasteiger partial charge in [0.2, 0.25) is 0 Å². The molecule has 2 rings (SSSR count). The summed E-state index contributed by atoms with van der Waals surface area (Å²) in [5.41, 5.74) is 5.84. The minimum absolute atomic E-state index is 0.183. The monoisotopic (exact) mass is 297 g/mol. The normalized spacial score (nSPS) is 18.0. The van der Waals surface area contributed by atoms with Gasteiger partial charge in [0.1, 0.15) is 11.1 Å². The Hall–Kier alpha value is -1.44. The average molecular weight is 297 g/mol. The number of hydrogen-bond donors (Lipinski definition) is 3. The summed E-state index contributed by atoms with van der Waals surface area (Å²) in [7, 11) is 0. The number of carbonyl (C=O) groups excluding carboxylic acids is 2. The Labute approximate surface area is 121 Å². The van der Waals surface area contributed by atoms with E-state index in [0.29, 0.717) is 30.3 Å². The van der Waals surface area contributed by atoms with Gasteiger partial charge in [-0.15, -0.1) is 11.3 Å². The molecule has 0 spiro atoms. The van der Waals surface area contributed by atoms with E-state index in [4.69, 9.17) is 10.5 Å². The molecule has 7 heteroatoms. The lowest BCUT2D eigenvalue weighted by Gasteiger charge is -2.10. The van der Waals surface area contributed by atoms with Crippen LogP contribution in [0.5, 0.6) is 0 Å². The quantitative estimate of drug-likeness (QED) is 0.751. The zero-order chi connectivity index (χ0) is 14.5. The summed E-state index contributed by atoms with van der Waals surface area (Å²) in [6.45, 7) is 3.30. The van der Waals surface area contributed by atoms with Gasteiger partial charge in [-0.05, 0) is 25.8 Å². The highest BCUT2D eigenvalue weighted by Crippen LogP contribution is 2.28. The third kappa shape index (κ3) is 3.56. The van der Waals surface area contributed by atoms with Crippen molar-refractivity contribution in [1.82, 2.24) is 5.32 Å². The molecule has 1 unspecified atom stereocenters. The zero-order valence-corrected chi connectivity index (χ0v) is 12.2. The topological polar surface area (TPSA) is 93.5 Å². The van der Waals surface area contributed by atoms with E-state index in [-0.39, 0.29) is 11.8 Å². The standard InChI is InChI=1S/C13H19N3O3S/c1-8-7-9(11(17)15-5-4-14)13(20-8)16-12(18)10-3-2-6-19-10/h7,10H,2-6,14H2,1H3,(H,15,17)(H,16,18). The third-order valence-corrected chi connectivity index (χ3v) is 3.95. The van der Waals surface area contributed by atoms with Crippen LogP contribution in [0.3, 0.4) is 0 Å². The average Bonchev–Trinajstić information content (AvgIpc) is 3.05. The maximum atomic E-state index is 12.0. The Kier molecular flexibility index (Phi) is 5.11. The van der Waals surface area contributed by atoms with Crippen molar-refractivity contribution in [2.24, 2.45) is 5.73 Å². The van der Waals surface area contributed by atoms with Crippen molar-refractivity contribution in [3.63, 3.8) is 0 Å². The SMILES string of the molecule is Cc1cc(C(=O)NCCN)c(NC(=O)C2CCCO2)s1. The van der Waals surface area contributed by atoms with Gasteiger partial charge in [-0.2, -0.15) is 0 Å². The molecule has 0 radical (unpaired) electrons. The van der Waals surface area contributed by atoms with Crippen LogP contribution >= 0.6 is 11.3 Å². The van der Waals surface area contributed by atoms with Crippen LogP contribution in [0.4, 0.5) is 5.00 Å². The van der Waals surface area contributed by atoms with E-state index in [1.165, 1.54) is 11.3 Å². The Morgan fingerprint density at radius 3 is 3.00 bits per heavy atom. The molecule has 1 saturated heterocycles. The Morgan fingerprint density at radius 1 is 1.55 bits per heavy atom. The van der Waals surface area contributed by atoms with Gasteiger partial charge in [0.25, 0.3) is 11.8 Å². The molecule has 1 aromatic rings. The maximum Gasteiger partial charge on any atom is 0.254 e. The molecule has 1 fully saturated rings. The number of carbonyl (C=O) groups is 2. The highest BCUT2D eigenvalue weighted by atomic mass is 32.1. The number of thiophene rings is 1. The van der Waals surface area contributed by atoms with E-state index in [2.05, 4.69) is 10.6 Å². The highest BCUT2D eigenvalue weighted by molar-refractivity contribution is 7.16. The lowest BCUT2D eigenvalue weighted by molar-refractivity contribution is -0.124. The van der Waals surface area contributed by atoms with Crippen LogP contribution < -0.4 is 16.4 Å². The summed E-state index contributed by atoms with van der Waals surface area (Å²) < 4.78 is 5.33. The molecule has 20 heavy (non-hydrogen) atoms. The fourth-order valence-corrected chi connectivity index (χ4v) is 2.95. The molecule has 0 saturated carbocycles. The highest BCUT2D eigenvalue weighted by Gasteiger charge is 2.25. The Bertz CT molecular complexity index is 495. The lowest BCUT2D eigenvalue weighted by Crippen LogP contribution is -2.31. The van der Waals surface area contributed by atoms with Gasteiger partial charge < -0.3 is 21.1 Å². The number of aryl methyl sites for hydroxylation is 1. The molecule has 1 atom stereocenters. The molecule has 0 aromatic carbocycles. The fraction of sp³-hybridized carbons (Fsp3) is 0.538. The van der Waals surface area contributed by atoms with E-state index in [1.807, 2.05) is 6.92 Å². The molecule has 110 valence electrons. The van der Waals surface area contributed by atoms with Crippen molar-refractivity contribution in [3.8, 4) is 0 Å². The van der Waals surface area contributed by atoms with E-state index < -0.39 is 6.10 Å². The maximum absolute atomic E-state index is 12.0. The van der Waals surface area contributed by atoms with Crippen LogP contribution in [0.15, 0.2) is 6.07 Å². The summed E-state index contributed by atoms with van der Waals surface area (Å²) in [5, 5.41) is 6.07. The molecule has 1 aliphatic rings. The first-order valence-electron chi connectivity index (χ1n) is 6.63. The minimum Gasteiger partial charge on any atom is -0.368 e. The van der Waals surface area contributed by atoms with Crippen molar-refractivity contribution >= 4 is 28.2 Å². The largest absolute Gasteiger partial charge is 0.368 e. The van der Waals surface area contributed by atoms with Crippen molar-refractivity contribution in [3.05, 3.63) is 16.5 Å². The van der Waals surface area contributed by atoms with Crippen LogP contribution in [0.25, 0.3) is 0 Å². The van der Waals surface area contributed by atoms with E-state index in [1.54, 1.807) is 6.07 Å². The predicted molar refractivity (Wildman–Crippen MR) is 78.0 cm³/mol. The van der Waals surface area contributed by atoms with Crippen molar-refractivity contribution in [1.29, 1.82) is 0 Å². The molecule has 4 N–H and O–H groups in total. The van der Waals surface area contributed by atoms with E-state index in [9.17, 15) is 9.59 Å². The summed E-state index contributed by atoms with van der Waals surface area (Å²) >= 11 is 1.38. The first-order valence-corrected chi connectivity index (χ1v) is 7.44. The fourth-order valence-electron chi connectivity index (χ4n) is 2.03.